The Morgan fingerprint density at radius 2 is 1.17 bits per heavy atom. The highest BCUT2D eigenvalue weighted by molar-refractivity contribution is 7.86. The van der Waals surface area contributed by atoms with Crippen molar-refractivity contribution < 1.29 is 45.2 Å². The van der Waals surface area contributed by atoms with E-state index in [4.69, 9.17) is 32.0 Å². The third-order valence-corrected chi connectivity index (χ3v) is 23.1. The predicted molar refractivity (Wildman–Crippen MR) is 259 cm³/mol. The minimum atomic E-state index is -4.11. The van der Waals surface area contributed by atoms with Crippen molar-refractivity contribution in [2.24, 2.45) is 0 Å². The number of unbranched alkanes of at least 4 members (excludes halogenated alkanes) is 3. The molecule has 0 aliphatic carbocycles. The molecule has 1 saturated heterocycles. The highest BCUT2D eigenvalue weighted by atomic mass is 32.2. The zero-order valence-corrected chi connectivity index (χ0v) is 42.1. The van der Waals surface area contributed by atoms with E-state index in [1.165, 1.54) is 10.4 Å². The van der Waals surface area contributed by atoms with Gasteiger partial charge in [0.1, 0.15) is 24.9 Å². The lowest BCUT2D eigenvalue weighted by molar-refractivity contribution is -0.198. The molecule has 13 heteroatoms. The zero-order chi connectivity index (χ0) is 46.3. The van der Waals surface area contributed by atoms with Crippen LogP contribution >= 0.6 is 0 Å². The predicted octanol–water partition coefficient (Wildman–Crippen LogP) is 10.3. The van der Waals surface area contributed by atoms with Crippen molar-refractivity contribution in [1.29, 1.82) is 0 Å². The van der Waals surface area contributed by atoms with Gasteiger partial charge in [-0.05, 0) is 64.4 Å². The Labute approximate surface area is 385 Å². The van der Waals surface area contributed by atoms with Crippen LogP contribution in [0.5, 0.6) is 0 Å². The molecule has 350 valence electrons. The molecule has 5 atom stereocenters. The van der Waals surface area contributed by atoms with Gasteiger partial charge in [0, 0.05) is 6.61 Å². The lowest BCUT2D eigenvalue weighted by atomic mass is 9.85. The van der Waals surface area contributed by atoms with Crippen molar-refractivity contribution in [3.63, 3.8) is 0 Å². The first-order chi connectivity index (χ1) is 30.6. The van der Waals surface area contributed by atoms with Crippen LogP contribution in [0.3, 0.4) is 0 Å². The van der Waals surface area contributed by atoms with E-state index in [0.29, 0.717) is 13.0 Å². The number of ether oxygens (including phenoxy) is 4. The fraction of sp³-hybridized carbons (Fsp3) is 0.510. The molecular weight excluding hydrogens is 861 g/mol. The minimum absolute atomic E-state index is 0.112. The van der Waals surface area contributed by atoms with E-state index in [-0.39, 0.29) is 24.9 Å². The average molecular weight is 933 g/mol. The molecule has 10 nitrogen and oxygen atoms in total. The maximum Gasteiger partial charge on any atom is 0.508 e. The van der Waals surface area contributed by atoms with Gasteiger partial charge in [0.25, 0.3) is 18.4 Å². The summed E-state index contributed by atoms with van der Waals surface area (Å²) in [4.78, 5) is 12.5. The van der Waals surface area contributed by atoms with Crippen LogP contribution in [0.2, 0.25) is 23.2 Å². The fourth-order valence-electron chi connectivity index (χ4n) is 9.16. The van der Waals surface area contributed by atoms with Crippen LogP contribution in [0.15, 0.2) is 121 Å². The lowest BCUT2D eigenvalue weighted by Gasteiger charge is -2.48. The maximum absolute atomic E-state index is 13.1. The van der Waals surface area contributed by atoms with E-state index in [1.54, 1.807) is 0 Å². The molecule has 4 aromatic rings. The molecule has 0 saturated carbocycles. The van der Waals surface area contributed by atoms with Crippen molar-refractivity contribution in [1.82, 2.24) is 0 Å². The second-order valence-electron chi connectivity index (χ2n) is 18.3. The largest absolute Gasteiger partial charge is 0.508 e. The zero-order valence-electron chi connectivity index (χ0n) is 39.3. The molecule has 5 rings (SSSR count). The van der Waals surface area contributed by atoms with Crippen molar-refractivity contribution in [3.8, 4) is 0 Å². The Hall–Kier alpha value is -3.67. The Kier molecular flexibility index (Phi) is 19.0. The maximum atomic E-state index is 13.1. The van der Waals surface area contributed by atoms with E-state index < -0.39 is 62.9 Å². The number of benzene rings is 4. The standard InChI is InChI=1S/C51H72O10SSi2/c1-9-63(10-2,11-3)61-51(7,36-26-12-13-27-37-58-64(50(4,5)6,43-32-22-16-23-33-43)44-34-24-17-25-35-44)48(56-39-42-30-20-15-21-31-42)47(55-38-41-28-18-14-19-29-41)46(60-62(8,53)54)45-40-57-49(52)59-45/h14-25,28-35,45-48H,9-13,26-27,36-40H2,1-8H3/t45-,46-,47+,48-,51-/m1/s1. The SMILES string of the molecule is CC[Si](CC)(CC)O[C@](C)(CCCCCCO[Si](c1ccccc1)(c1ccccc1)C(C)(C)C)[C@H](OCc1ccccc1)[C@@H](OCc1ccccc1)[C@H](OS(C)(=O)=O)[C@H]1COC(=O)O1. The molecule has 0 N–H and O–H groups in total. The molecular formula is C51H72O10SSi2. The summed E-state index contributed by atoms with van der Waals surface area (Å²) in [6.45, 7) is 16.3. The van der Waals surface area contributed by atoms with Gasteiger partial charge >= 0.3 is 6.16 Å². The van der Waals surface area contributed by atoms with Crippen LogP contribution in [0.25, 0.3) is 0 Å². The van der Waals surface area contributed by atoms with Crippen molar-refractivity contribution in [2.75, 3.05) is 19.5 Å². The molecule has 0 bridgehead atoms. The fourth-order valence-corrected chi connectivity index (χ4v) is 17.5. The van der Waals surface area contributed by atoms with Crippen LogP contribution < -0.4 is 10.4 Å². The summed E-state index contributed by atoms with van der Waals surface area (Å²) in [6, 6.07) is 43.6. The van der Waals surface area contributed by atoms with Gasteiger partial charge in [-0.2, -0.15) is 8.42 Å². The summed E-state index contributed by atoms with van der Waals surface area (Å²) in [7, 11) is -9.16. The molecule has 1 fully saturated rings. The van der Waals surface area contributed by atoms with Crippen LogP contribution in [-0.4, -0.2) is 80.7 Å². The van der Waals surface area contributed by atoms with E-state index in [1.807, 2.05) is 60.7 Å². The highest BCUT2D eigenvalue weighted by Crippen LogP contribution is 2.40. The van der Waals surface area contributed by atoms with Crippen LogP contribution in [0.4, 0.5) is 4.79 Å². The Balaban J connectivity index is 1.47. The van der Waals surface area contributed by atoms with Gasteiger partial charge in [0.05, 0.1) is 25.1 Å². The second-order valence-corrected chi connectivity index (χ2v) is 28.9. The quantitative estimate of drug-likeness (QED) is 0.0248. The molecule has 0 unspecified atom stereocenters. The van der Waals surface area contributed by atoms with Gasteiger partial charge in [-0.25, -0.2) is 4.79 Å². The van der Waals surface area contributed by atoms with E-state index in [2.05, 4.69) is 109 Å². The molecule has 0 amide bonds. The number of carbonyl (C=O) groups is 1. The monoisotopic (exact) mass is 932 g/mol. The lowest BCUT2D eigenvalue weighted by Crippen LogP contribution is -2.66. The first kappa shape index (κ1) is 51.3. The smallest absolute Gasteiger partial charge is 0.430 e. The molecule has 0 radical (unpaired) electrons. The molecule has 1 aliphatic heterocycles. The molecule has 4 aromatic carbocycles. The van der Waals surface area contributed by atoms with E-state index >= 15 is 0 Å². The number of carbonyl (C=O) groups excluding carboxylic acids is 1. The Morgan fingerprint density at radius 3 is 1.62 bits per heavy atom. The summed E-state index contributed by atoms with van der Waals surface area (Å²) in [5.41, 5.74) is 0.811. The normalized spacial score (nSPS) is 17.2. The molecule has 1 aliphatic rings. The van der Waals surface area contributed by atoms with Gasteiger partial charge in [-0.3, -0.25) is 4.18 Å². The van der Waals surface area contributed by atoms with Gasteiger partial charge < -0.3 is 27.8 Å². The molecule has 1 heterocycles. The van der Waals surface area contributed by atoms with E-state index in [0.717, 1.165) is 61.2 Å². The summed E-state index contributed by atoms with van der Waals surface area (Å²) in [5, 5.41) is 2.41. The van der Waals surface area contributed by atoms with Gasteiger partial charge in [0.15, 0.2) is 14.4 Å². The minimum Gasteiger partial charge on any atom is -0.430 e. The topological polar surface area (TPSA) is 116 Å². The summed E-state index contributed by atoms with van der Waals surface area (Å²) in [6.07, 6.45) is -0.159. The van der Waals surface area contributed by atoms with Crippen LogP contribution in [-0.2, 0) is 55.3 Å². The molecule has 64 heavy (non-hydrogen) atoms. The third-order valence-electron chi connectivity index (χ3n) is 12.7. The highest BCUT2D eigenvalue weighted by Gasteiger charge is 2.53. The van der Waals surface area contributed by atoms with Crippen molar-refractivity contribution in [2.45, 2.75) is 147 Å². The van der Waals surface area contributed by atoms with Gasteiger partial charge in [0.2, 0.25) is 0 Å². The number of hydrogen-bond acceptors (Lipinski definition) is 10. The summed E-state index contributed by atoms with van der Waals surface area (Å²) in [5.74, 6) is 0. The first-order valence-electron chi connectivity index (χ1n) is 23.1. The van der Waals surface area contributed by atoms with Crippen molar-refractivity contribution in [3.05, 3.63) is 132 Å². The Bertz CT molecular complexity index is 2040. The van der Waals surface area contributed by atoms with Crippen LogP contribution in [0.1, 0.15) is 91.7 Å². The van der Waals surface area contributed by atoms with Gasteiger partial charge in [-0.15, -0.1) is 0 Å². The van der Waals surface area contributed by atoms with Crippen LogP contribution in [0, 0.1) is 0 Å². The number of hydrogen-bond donors (Lipinski definition) is 0. The molecule has 0 aromatic heterocycles. The third kappa shape index (κ3) is 13.7. The molecule has 0 spiro atoms. The first-order valence-corrected chi connectivity index (χ1v) is 29.3. The van der Waals surface area contributed by atoms with E-state index in [9.17, 15) is 13.2 Å². The Morgan fingerprint density at radius 1 is 0.688 bits per heavy atom. The van der Waals surface area contributed by atoms with Crippen molar-refractivity contribution >= 4 is 43.3 Å². The van der Waals surface area contributed by atoms with Gasteiger partial charge in [-0.1, -0.05) is 182 Å². The second kappa shape index (κ2) is 23.7. The number of cyclic esters (lactones) is 2. The average Bonchev–Trinajstić information content (AvgIpc) is 3.73. The summed E-state index contributed by atoms with van der Waals surface area (Å²) >= 11 is 0. The number of rotatable bonds is 27. The summed E-state index contributed by atoms with van der Waals surface area (Å²) < 4.78 is 71.7.